The number of aromatic nitrogens is 1. The van der Waals surface area contributed by atoms with Crippen LogP contribution in [0.5, 0.6) is 5.75 Å². The van der Waals surface area contributed by atoms with Gasteiger partial charge >= 0.3 is 0 Å². The number of ether oxygens (including phenoxy) is 1. The van der Waals surface area contributed by atoms with Crippen LogP contribution in [-0.2, 0) is 4.79 Å². The van der Waals surface area contributed by atoms with E-state index in [1.165, 1.54) is 6.26 Å². The molecule has 0 radical (unpaired) electrons. The molecular formula is C27H23N5O5. The molecule has 10 heteroatoms. The molecule has 0 unspecified atom stereocenters. The van der Waals surface area contributed by atoms with E-state index in [9.17, 15) is 10.1 Å². The lowest BCUT2D eigenvalue weighted by atomic mass is 10.1. The number of furan rings is 2. The minimum Gasteiger partial charge on any atom is -0.495 e. The summed E-state index contributed by atoms with van der Waals surface area (Å²) in [7, 11) is 1.58. The maximum absolute atomic E-state index is 12.9. The smallest absolute Gasteiger partial charge is 0.266 e. The van der Waals surface area contributed by atoms with Crippen molar-refractivity contribution in [2.24, 2.45) is 0 Å². The molecule has 6 rings (SSSR count). The zero-order valence-corrected chi connectivity index (χ0v) is 20.1. The molecule has 1 fully saturated rings. The number of hydrogen-bond donors (Lipinski definition) is 1. The molecule has 2 aromatic carbocycles. The third kappa shape index (κ3) is 4.26. The van der Waals surface area contributed by atoms with Crippen molar-refractivity contribution in [1.82, 2.24) is 9.88 Å². The van der Waals surface area contributed by atoms with Crippen LogP contribution >= 0.6 is 0 Å². The second kappa shape index (κ2) is 9.37. The number of amides is 1. The summed E-state index contributed by atoms with van der Waals surface area (Å²) in [6, 6.07) is 17.0. The molecule has 1 saturated heterocycles. The molecule has 37 heavy (non-hydrogen) atoms. The van der Waals surface area contributed by atoms with Crippen LogP contribution in [0.3, 0.4) is 0 Å². The van der Waals surface area contributed by atoms with Crippen LogP contribution in [0, 0.1) is 11.3 Å². The van der Waals surface area contributed by atoms with Gasteiger partial charge in [0.15, 0.2) is 5.76 Å². The number of anilines is 2. The first-order valence-corrected chi connectivity index (χ1v) is 11.8. The zero-order chi connectivity index (χ0) is 25.4. The molecule has 3 aromatic heterocycles. The molecule has 0 atom stereocenters. The molecule has 10 nitrogen and oxygen atoms in total. The first kappa shape index (κ1) is 22.7. The number of hydrogen-bond acceptors (Lipinski definition) is 9. The molecule has 186 valence electrons. The lowest BCUT2D eigenvalue weighted by Gasteiger charge is -2.34. The van der Waals surface area contributed by atoms with Gasteiger partial charge in [0.25, 0.3) is 5.89 Å². The molecule has 0 saturated carbocycles. The summed E-state index contributed by atoms with van der Waals surface area (Å²) in [6.07, 6.45) is 1.53. The van der Waals surface area contributed by atoms with Gasteiger partial charge in [0, 0.05) is 43.0 Å². The van der Waals surface area contributed by atoms with Gasteiger partial charge in [-0.1, -0.05) is 18.2 Å². The van der Waals surface area contributed by atoms with E-state index in [0.29, 0.717) is 54.8 Å². The maximum Gasteiger partial charge on any atom is 0.266 e. The van der Waals surface area contributed by atoms with Crippen molar-refractivity contribution in [3.05, 3.63) is 60.5 Å². The summed E-state index contributed by atoms with van der Waals surface area (Å²) in [6.45, 7) is 2.63. The number of nitrogens with zero attached hydrogens (tertiary/aromatic N) is 4. The van der Waals surface area contributed by atoms with Crippen molar-refractivity contribution in [2.45, 2.75) is 0 Å². The van der Waals surface area contributed by atoms with Crippen molar-refractivity contribution in [3.8, 4) is 23.5 Å². The Morgan fingerprint density at radius 3 is 2.68 bits per heavy atom. The lowest BCUT2D eigenvalue weighted by molar-refractivity contribution is -0.117. The van der Waals surface area contributed by atoms with Crippen LogP contribution in [-0.4, -0.2) is 55.6 Å². The molecule has 5 aromatic rings. The van der Waals surface area contributed by atoms with Gasteiger partial charge in [-0.3, -0.25) is 9.69 Å². The van der Waals surface area contributed by atoms with Crippen LogP contribution in [0.25, 0.3) is 33.6 Å². The normalized spacial score (nSPS) is 14.2. The first-order chi connectivity index (χ1) is 18.1. The second-order valence-corrected chi connectivity index (χ2v) is 8.72. The fourth-order valence-electron chi connectivity index (χ4n) is 4.62. The molecular weight excluding hydrogens is 474 g/mol. The number of fused-ring (bicyclic) bond motifs is 3. The highest BCUT2D eigenvalue weighted by Crippen LogP contribution is 2.36. The van der Waals surface area contributed by atoms with Gasteiger partial charge in [-0.05, 0) is 24.3 Å². The Balaban J connectivity index is 1.12. The number of nitrogens with one attached hydrogen (secondary N) is 1. The Morgan fingerprint density at radius 1 is 1.08 bits per heavy atom. The van der Waals surface area contributed by atoms with Gasteiger partial charge in [-0.15, -0.1) is 0 Å². The predicted molar refractivity (Wildman–Crippen MR) is 136 cm³/mol. The number of nitriles is 1. The number of para-hydroxylation sites is 1. The molecule has 1 N–H and O–H groups in total. The number of methoxy groups -OCH3 is 1. The lowest BCUT2D eigenvalue weighted by Crippen LogP contribution is -2.48. The monoisotopic (exact) mass is 497 g/mol. The number of oxazole rings is 1. The van der Waals surface area contributed by atoms with E-state index in [1.54, 1.807) is 25.3 Å². The Bertz CT molecular complexity index is 1620. The van der Waals surface area contributed by atoms with Crippen molar-refractivity contribution in [3.63, 3.8) is 0 Å². The Morgan fingerprint density at radius 2 is 1.92 bits per heavy atom. The highest BCUT2D eigenvalue weighted by molar-refractivity contribution is 6.07. The van der Waals surface area contributed by atoms with Gasteiger partial charge in [0.2, 0.25) is 17.5 Å². The second-order valence-electron chi connectivity index (χ2n) is 8.72. The molecule has 1 aliphatic heterocycles. The zero-order valence-electron chi connectivity index (χ0n) is 20.1. The van der Waals surface area contributed by atoms with E-state index in [-0.39, 0.29) is 24.0 Å². The standard InChI is InChI=1S/C27H23N5O5/c1-34-24-13-18-17-5-2-3-6-21(17)36-23(18)14-19(24)29-25(33)16-31-8-10-32(11-9-31)27-20(15-28)30-26(37-27)22-7-4-12-35-22/h2-7,12-14H,8-11,16H2,1H3,(H,29,33). The fraction of sp³-hybridized carbons (Fsp3) is 0.222. The van der Waals surface area contributed by atoms with E-state index < -0.39 is 0 Å². The van der Waals surface area contributed by atoms with Gasteiger partial charge in [0.1, 0.15) is 23.0 Å². The maximum atomic E-state index is 12.9. The molecule has 4 heterocycles. The fourth-order valence-corrected chi connectivity index (χ4v) is 4.62. The Hall–Kier alpha value is -4.75. The molecule has 0 spiro atoms. The van der Waals surface area contributed by atoms with Crippen LogP contribution in [0.4, 0.5) is 11.6 Å². The van der Waals surface area contributed by atoms with E-state index in [0.717, 1.165) is 16.4 Å². The third-order valence-corrected chi connectivity index (χ3v) is 6.45. The number of benzene rings is 2. The first-order valence-electron chi connectivity index (χ1n) is 11.8. The summed E-state index contributed by atoms with van der Waals surface area (Å²) in [5.41, 5.74) is 2.23. The number of rotatable bonds is 6. The average Bonchev–Trinajstić information content (AvgIpc) is 3.66. The van der Waals surface area contributed by atoms with Crippen LogP contribution in [0.15, 0.2) is 68.0 Å². The minimum atomic E-state index is -0.153. The van der Waals surface area contributed by atoms with Gasteiger partial charge < -0.3 is 28.2 Å². The van der Waals surface area contributed by atoms with Crippen molar-refractivity contribution < 1.29 is 22.8 Å². The molecule has 1 aliphatic rings. The Labute approximate surface area is 211 Å². The summed E-state index contributed by atoms with van der Waals surface area (Å²) in [4.78, 5) is 21.2. The highest BCUT2D eigenvalue weighted by atomic mass is 16.5. The summed E-state index contributed by atoms with van der Waals surface area (Å²) in [5.74, 6) is 1.57. The average molecular weight is 498 g/mol. The highest BCUT2D eigenvalue weighted by Gasteiger charge is 2.26. The van der Waals surface area contributed by atoms with Crippen LogP contribution in [0.1, 0.15) is 5.69 Å². The Kier molecular flexibility index (Phi) is 5.75. The summed E-state index contributed by atoms with van der Waals surface area (Å²) < 4.78 is 22.7. The molecule has 0 bridgehead atoms. The van der Waals surface area contributed by atoms with E-state index in [1.807, 2.05) is 40.1 Å². The SMILES string of the molecule is COc1cc2c(cc1NC(=O)CN1CCN(c3oc(-c4ccco4)nc3C#N)CC1)oc1ccccc12. The third-order valence-electron chi connectivity index (χ3n) is 6.45. The number of carbonyl (C=O) groups excluding carboxylic acids is 1. The van der Waals surface area contributed by atoms with Gasteiger partial charge in [0.05, 0.1) is 25.6 Å². The molecule has 0 aliphatic carbocycles. The van der Waals surface area contributed by atoms with E-state index in [4.69, 9.17) is 18.0 Å². The van der Waals surface area contributed by atoms with Crippen LogP contribution < -0.4 is 15.0 Å². The predicted octanol–water partition coefficient (Wildman–Crippen LogP) is 4.47. The summed E-state index contributed by atoms with van der Waals surface area (Å²) in [5, 5.41) is 14.4. The molecule has 1 amide bonds. The minimum absolute atomic E-state index is 0.153. The van der Waals surface area contributed by atoms with Crippen molar-refractivity contribution in [1.29, 1.82) is 5.26 Å². The quantitative estimate of drug-likeness (QED) is 0.362. The number of piperazine rings is 1. The van der Waals surface area contributed by atoms with Crippen molar-refractivity contribution in [2.75, 3.05) is 50.1 Å². The van der Waals surface area contributed by atoms with Crippen molar-refractivity contribution >= 4 is 39.4 Å². The topological polar surface area (TPSA) is 121 Å². The van der Waals surface area contributed by atoms with Crippen LogP contribution in [0.2, 0.25) is 0 Å². The number of carbonyl (C=O) groups is 1. The van der Waals surface area contributed by atoms with Gasteiger partial charge in [-0.25, -0.2) is 0 Å². The summed E-state index contributed by atoms with van der Waals surface area (Å²) >= 11 is 0. The van der Waals surface area contributed by atoms with E-state index >= 15 is 0 Å². The van der Waals surface area contributed by atoms with E-state index in [2.05, 4.69) is 16.4 Å². The van der Waals surface area contributed by atoms with Gasteiger partial charge in [-0.2, -0.15) is 10.2 Å². The largest absolute Gasteiger partial charge is 0.495 e.